The molecule has 4 unspecified atom stereocenters. The lowest BCUT2D eigenvalue weighted by Gasteiger charge is -2.24. The van der Waals surface area contributed by atoms with Crippen molar-refractivity contribution in [2.45, 2.75) is 12.8 Å². The van der Waals surface area contributed by atoms with Gasteiger partial charge >= 0.3 is 5.97 Å². The van der Waals surface area contributed by atoms with Gasteiger partial charge in [0.05, 0.1) is 11.8 Å². The number of nitrogens with zero attached hydrogens (tertiary/aromatic N) is 1. The van der Waals surface area contributed by atoms with Crippen LogP contribution < -0.4 is 5.32 Å². The SMILES string of the molecule is CN(C)CCCNC(=O)C1C2C=CC(C2)C1C(=O)O. The van der Waals surface area contributed by atoms with E-state index < -0.39 is 11.9 Å². The summed E-state index contributed by atoms with van der Waals surface area (Å²) in [7, 11) is 3.98. The van der Waals surface area contributed by atoms with E-state index in [1.54, 1.807) is 0 Å². The molecule has 5 nitrogen and oxygen atoms in total. The molecule has 2 aliphatic carbocycles. The highest BCUT2D eigenvalue weighted by Gasteiger charge is 2.51. The van der Waals surface area contributed by atoms with Crippen molar-refractivity contribution in [1.29, 1.82) is 0 Å². The molecule has 0 radical (unpaired) electrons. The molecule has 0 aliphatic heterocycles. The molecule has 5 heteroatoms. The molecule has 2 N–H and O–H groups in total. The van der Waals surface area contributed by atoms with Gasteiger partial charge in [0.15, 0.2) is 0 Å². The van der Waals surface area contributed by atoms with Crippen molar-refractivity contribution in [3.8, 4) is 0 Å². The van der Waals surface area contributed by atoms with E-state index in [0.29, 0.717) is 6.54 Å². The van der Waals surface area contributed by atoms with Gasteiger partial charge in [0, 0.05) is 6.54 Å². The number of allylic oxidation sites excluding steroid dienone is 2. The summed E-state index contributed by atoms with van der Waals surface area (Å²) >= 11 is 0. The van der Waals surface area contributed by atoms with Crippen molar-refractivity contribution in [1.82, 2.24) is 10.2 Å². The lowest BCUT2D eigenvalue weighted by atomic mass is 9.82. The number of hydrogen-bond donors (Lipinski definition) is 2. The third-order valence-corrected chi connectivity index (χ3v) is 4.13. The van der Waals surface area contributed by atoms with Crippen molar-refractivity contribution >= 4 is 11.9 Å². The molecule has 1 amide bonds. The Kier molecular flexibility index (Phi) is 4.24. The lowest BCUT2D eigenvalue weighted by Crippen LogP contribution is -2.40. The van der Waals surface area contributed by atoms with Gasteiger partial charge in [-0.3, -0.25) is 9.59 Å². The largest absolute Gasteiger partial charge is 0.481 e. The van der Waals surface area contributed by atoms with Crippen molar-refractivity contribution in [3.05, 3.63) is 12.2 Å². The van der Waals surface area contributed by atoms with Gasteiger partial charge in [-0.15, -0.1) is 0 Å². The molecule has 0 saturated heterocycles. The standard InChI is InChI=1S/C14H22N2O3/c1-16(2)7-3-6-15-13(17)11-9-4-5-10(8-9)12(11)14(18)19/h4-5,9-12H,3,6-8H2,1-2H3,(H,15,17)(H,18,19). The van der Waals surface area contributed by atoms with Crippen molar-refractivity contribution in [3.63, 3.8) is 0 Å². The Bertz CT molecular complexity index is 392. The minimum Gasteiger partial charge on any atom is -0.481 e. The zero-order valence-electron chi connectivity index (χ0n) is 11.5. The highest BCUT2D eigenvalue weighted by molar-refractivity contribution is 5.86. The van der Waals surface area contributed by atoms with Gasteiger partial charge < -0.3 is 15.3 Å². The molecule has 1 fully saturated rings. The van der Waals surface area contributed by atoms with Crippen molar-refractivity contribution in [2.75, 3.05) is 27.2 Å². The Balaban J connectivity index is 1.88. The minimum absolute atomic E-state index is 0.0417. The quantitative estimate of drug-likeness (QED) is 0.545. The van der Waals surface area contributed by atoms with E-state index in [1.165, 1.54) is 0 Å². The molecule has 0 heterocycles. The molecule has 2 rings (SSSR count). The van der Waals surface area contributed by atoms with Crippen LogP contribution >= 0.6 is 0 Å². The molecule has 0 aromatic carbocycles. The molecule has 0 spiro atoms. The molecule has 4 atom stereocenters. The summed E-state index contributed by atoms with van der Waals surface area (Å²) in [6, 6.07) is 0. The summed E-state index contributed by atoms with van der Waals surface area (Å²) in [6.07, 6.45) is 5.66. The number of carbonyl (C=O) groups excluding carboxylic acids is 1. The Morgan fingerprint density at radius 1 is 1.26 bits per heavy atom. The summed E-state index contributed by atoms with van der Waals surface area (Å²) in [4.78, 5) is 25.5. The van der Waals surface area contributed by atoms with Gasteiger partial charge in [0.1, 0.15) is 0 Å². The van der Waals surface area contributed by atoms with Crippen molar-refractivity contribution in [2.24, 2.45) is 23.7 Å². The van der Waals surface area contributed by atoms with Gasteiger partial charge in [0.2, 0.25) is 5.91 Å². The smallest absolute Gasteiger partial charge is 0.307 e. The summed E-state index contributed by atoms with van der Waals surface area (Å²) in [6.45, 7) is 1.53. The number of amides is 1. The van der Waals surface area contributed by atoms with Crippen LogP contribution in [0.4, 0.5) is 0 Å². The second-order valence-electron chi connectivity index (χ2n) is 5.79. The first-order valence-corrected chi connectivity index (χ1v) is 6.84. The third kappa shape index (κ3) is 2.97. The molecule has 2 bridgehead atoms. The summed E-state index contributed by atoms with van der Waals surface area (Å²) in [5.74, 6) is -1.70. The number of carbonyl (C=O) groups is 2. The van der Waals surface area contributed by atoms with E-state index in [9.17, 15) is 14.7 Å². The molecule has 0 aromatic rings. The molecule has 2 aliphatic rings. The maximum atomic E-state index is 12.2. The van der Waals surface area contributed by atoms with E-state index in [4.69, 9.17) is 0 Å². The number of carboxylic acids is 1. The monoisotopic (exact) mass is 266 g/mol. The van der Waals surface area contributed by atoms with Crippen LogP contribution in [0, 0.1) is 23.7 Å². The van der Waals surface area contributed by atoms with Crippen LogP contribution in [0.5, 0.6) is 0 Å². The minimum atomic E-state index is -0.842. The Morgan fingerprint density at radius 2 is 1.89 bits per heavy atom. The molecule has 0 aromatic heterocycles. The number of carboxylic acid groups (broad SMARTS) is 1. The van der Waals surface area contributed by atoms with Crippen LogP contribution in [0.25, 0.3) is 0 Å². The first-order valence-electron chi connectivity index (χ1n) is 6.84. The van der Waals surface area contributed by atoms with Crippen LogP contribution in [0.2, 0.25) is 0 Å². The van der Waals surface area contributed by atoms with Gasteiger partial charge in [-0.1, -0.05) is 12.2 Å². The van der Waals surface area contributed by atoms with Gasteiger partial charge in [0.25, 0.3) is 0 Å². The lowest BCUT2D eigenvalue weighted by molar-refractivity contribution is -0.147. The predicted octanol–water partition coefficient (Wildman–Crippen LogP) is 0.577. The highest BCUT2D eigenvalue weighted by Crippen LogP contribution is 2.48. The first kappa shape index (κ1) is 14.1. The first-order chi connectivity index (χ1) is 9.00. The number of rotatable bonds is 6. The second kappa shape index (κ2) is 5.74. The maximum absolute atomic E-state index is 12.2. The van der Waals surface area contributed by atoms with E-state index in [-0.39, 0.29) is 23.7 Å². The second-order valence-corrected chi connectivity index (χ2v) is 5.79. The van der Waals surface area contributed by atoms with Gasteiger partial charge in [-0.25, -0.2) is 0 Å². The predicted molar refractivity (Wildman–Crippen MR) is 71.5 cm³/mol. The van der Waals surface area contributed by atoms with Crippen LogP contribution in [0.15, 0.2) is 12.2 Å². The van der Waals surface area contributed by atoms with Crippen molar-refractivity contribution < 1.29 is 14.7 Å². The van der Waals surface area contributed by atoms with Crippen LogP contribution in [0.1, 0.15) is 12.8 Å². The Labute approximate surface area is 113 Å². The zero-order valence-corrected chi connectivity index (χ0v) is 11.5. The fraction of sp³-hybridized carbons (Fsp3) is 0.714. The van der Waals surface area contributed by atoms with E-state index in [0.717, 1.165) is 19.4 Å². The molecule has 1 saturated carbocycles. The number of aliphatic carboxylic acids is 1. The Hall–Kier alpha value is -1.36. The Morgan fingerprint density at radius 3 is 2.47 bits per heavy atom. The molecule has 19 heavy (non-hydrogen) atoms. The fourth-order valence-corrected chi connectivity index (χ4v) is 3.24. The highest BCUT2D eigenvalue weighted by atomic mass is 16.4. The molecule has 106 valence electrons. The average molecular weight is 266 g/mol. The summed E-state index contributed by atoms with van der Waals surface area (Å²) in [5.41, 5.74) is 0. The van der Waals surface area contributed by atoms with Gasteiger partial charge in [-0.05, 0) is 45.3 Å². The zero-order chi connectivity index (χ0) is 14.0. The van der Waals surface area contributed by atoms with Crippen LogP contribution in [-0.2, 0) is 9.59 Å². The maximum Gasteiger partial charge on any atom is 0.307 e. The summed E-state index contributed by atoms with van der Waals surface area (Å²) < 4.78 is 0. The normalized spacial score (nSPS) is 31.9. The third-order valence-electron chi connectivity index (χ3n) is 4.13. The number of hydrogen-bond acceptors (Lipinski definition) is 3. The summed E-state index contributed by atoms with van der Waals surface area (Å²) in [5, 5.41) is 12.2. The molecular formula is C14H22N2O3. The van der Waals surface area contributed by atoms with E-state index in [2.05, 4.69) is 10.2 Å². The average Bonchev–Trinajstić information content (AvgIpc) is 2.93. The van der Waals surface area contributed by atoms with Crippen LogP contribution in [-0.4, -0.2) is 49.1 Å². The van der Waals surface area contributed by atoms with Crippen LogP contribution in [0.3, 0.4) is 0 Å². The topological polar surface area (TPSA) is 69.6 Å². The van der Waals surface area contributed by atoms with E-state index in [1.807, 2.05) is 26.2 Å². The number of fused-ring (bicyclic) bond motifs is 2. The van der Waals surface area contributed by atoms with Gasteiger partial charge in [-0.2, -0.15) is 0 Å². The fourth-order valence-electron chi connectivity index (χ4n) is 3.24. The molecular weight excluding hydrogens is 244 g/mol. The number of nitrogens with one attached hydrogen (secondary N) is 1. The van der Waals surface area contributed by atoms with E-state index >= 15 is 0 Å².